The lowest BCUT2D eigenvalue weighted by Crippen LogP contribution is -2.62. The van der Waals surface area contributed by atoms with Gasteiger partial charge in [0.25, 0.3) is 0 Å². The quantitative estimate of drug-likeness (QED) is 0.829. The minimum Gasteiger partial charge on any atom is -0.378 e. The fourth-order valence-electron chi connectivity index (χ4n) is 3.18. The normalized spacial score (nSPS) is 30.9. The van der Waals surface area contributed by atoms with E-state index in [0.717, 1.165) is 24.5 Å². The smallest absolute Gasteiger partial charge is 0.0658 e. The van der Waals surface area contributed by atoms with Gasteiger partial charge in [-0.15, -0.1) is 0 Å². The van der Waals surface area contributed by atoms with Crippen LogP contribution >= 0.6 is 11.6 Å². The van der Waals surface area contributed by atoms with Crippen LogP contribution in [0.25, 0.3) is 0 Å². The lowest BCUT2D eigenvalue weighted by atomic mass is 9.61. The van der Waals surface area contributed by atoms with Gasteiger partial charge in [0.15, 0.2) is 0 Å². The summed E-state index contributed by atoms with van der Waals surface area (Å²) in [5, 5.41) is 4.55. The molecule has 0 saturated heterocycles. The third-order valence-corrected chi connectivity index (χ3v) is 5.15. The van der Waals surface area contributed by atoms with Gasteiger partial charge in [-0.05, 0) is 44.4 Å². The maximum absolute atomic E-state index is 6.07. The second-order valence-corrected chi connectivity index (χ2v) is 6.47. The first kappa shape index (κ1) is 15.8. The van der Waals surface area contributed by atoms with Gasteiger partial charge in [-0.3, -0.25) is 0 Å². The molecular weight excluding hydrogens is 270 g/mol. The summed E-state index contributed by atoms with van der Waals surface area (Å²) >= 11 is 6.07. The van der Waals surface area contributed by atoms with Crippen LogP contribution in [0.3, 0.4) is 0 Å². The van der Waals surface area contributed by atoms with Gasteiger partial charge in [0.05, 0.1) is 6.10 Å². The first-order chi connectivity index (χ1) is 9.51. The van der Waals surface area contributed by atoms with Crippen LogP contribution in [-0.2, 0) is 4.74 Å². The van der Waals surface area contributed by atoms with Crippen LogP contribution in [0.5, 0.6) is 0 Å². The molecule has 0 aromatic heterocycles. The number of halogens is 1. The molecule has 2 nitrogen and oxygen atoms in total. The molecule has 1 aliphatic carbocycles. The van der Waals surface area contributed by atoms with Gasteiger partial charge in [0.1, 0.15) is 0 Å². The highest BCUT2D eigenvalue weighted by molar-refractivity contribution is 6.30. The molecule has 2 rings (SSSR count). The van der Waals surface area contributed by atoms with Crippen molar-refractivity contribution in [2.45, 2.75) is 58.7 Å². The van der Waals surface area contributed by atoms with E-state index in [1.807, 2.05) is 18.2 Å². The maximum atomic E-state index is 6.07. The van der Waals surface area contributed by atoms with E-state index in [1.165, 1.54) is 5.56 Å². The molecule has 0 amide bonds. The maximum Gasteiger partial charge on any atom is 0.0658 e. The number of rotatable bonds is 6. The minimum absolute atomic E-state index is 0.239. The molecule has 1 aromatic rings. The van der Waals surface area contributed by atoms with Crippen LogP contribution in [0.15, 0.2) is 24.3 Å². The Hall–Kier alpha value is -0.570. The summed E-state index contributed by atoms with van der Waals surface area (Å²) in [6, 6.07) is 8.93. The van der Waals surface area contributed by atoms with Gasteiger partial charge in [0.2, 0.25) is 0 Å². The van der Waals surface area contributed by atoms with E-state index in [9.17, 15) is 0 Å². The average molecular weight is 296 g/mol. The molecule has 0 aliphatic heterocycles. The number of hydrogen-bond donors (Lipinski definition) is 1. The Labute approximate surface area is 127 Å². The molecule has 112 valence electrons. The van der Waals surface area contributed by atoms with Crippen molar-refractivity contribution in [3.8, 4) is 0 Å². The number of hydrogen-bond acceptors (Lipinski definition) is 2. The van der Waals surface area contributed by atoms with Crippen molar-refractivity contribution in [3.63, 3.8) is 0 Å². The summed E-state index contributed by atoms with van der Waals surface area (Å²) in [6.45, 7) is 9.67. The van der Waals surface area contributed by atoms with Gasteiger partial charge < -0.3 is 10.1 Å². The Morgan fingerprint density at radius 3 is 2.80 bits per heavy atom. The van der Waals surface area contributed by atoms with Crippen LogP contribution in [0.1, 0.15) is 52.1 Å². The Morgan fingerprint density at radius 2 is 2.20 bits per heavy atom. The molecule has 3 heteroatoms. The number of nitrogens with one attached hydrogen (secondary N) is 1. The summed E-state index contributed by atoms with van der Waals surface area (Å²) in [5.74, 6) is 0. The van der Waals surface area contributed by atoms with E-state index in [1.54, 1.807) is 0 Å². The molecule has 0 radical (unpaired) electrons. The van der Waals surface area contributed by atoms with Crippen LogP contribution < -0.4 is 5.32 Å². The predicted octanol–water partition coefficient (Wildman–Crippen LogP) is 4.58. The number of ether oxygens (including phenoxy) is 1. The van der Waals surface area contributed by atoms with Crippen LogP contribution in [0, 0.1) is 5.41 Å². The van der Waals surface area contributed by atoms with Crippen LogP contribution in [0.2, 0.25) is 5.02 Å². The van der Waals surface area contributed by atoms with Gasteiger partial charge in [0, 0.05) is 29.1 Å². The zero-order valence-electron chi connectivity index (χ0n) is 12.9. The summed E-state index contributed by atoms with van der Waals surface area (Å²) < 4.78 is 5.86. The fraction of sp³-hybridized carbons (Fsp3) is 0.647. The SMILES string of the molecule is CCOC1CC(N[C@H](C)c2cccc(Cl)c2)C1(C)CC. The summed E-state index contributed by atoms with van der Waals surface area (Å²) in [5.41, 5.74) is 1.49. The van der Waals surface area contributed by atoms with Gasteiger partial charge in [-0.2, -0.15) is 0 Å². The van der Waals surface area contributed by atoms with Crippen molar-refractivity contribution in [3.05, 3.63) is 34.9 Å². The lowest BCUT2D eigenvalue weighted by Gasteiger charge is -2.54. The zero-order valence-corrected chi connectivity index (χ0v) is 13.7. The summed E-state index contributed by atoms with van der Waals surface area (Å²) in [6.07, 6.45) is 2.63. The molecule has 4 atom stereocenters. The molecule has 1 saturated carbocycles. The standard InChI is InChI=1S/C17H26ClNO/c1-5-17(4)15(11-16(17)20-6-2)19-12(3)13-8-7-9-14(18)10-13/h7-10,12,15-16,19H,5-6,11H2,1-4H3/t12-,15?,16?,17?/m1/s1. The van der Waals surface area contributed by atoms with Crippen molar-refractivity contribution >= 4 is 11.6 Å². The predicted molar refractivity (Wildman–Crippen MR) is 85.2 cm³/mol. The van der Waals surface area contributed by atoms with Gasteiger partial charge >= 0.3 is 0 Å². The van der Waals surface area contributed by atoms with Crippen molar-refractivity contribution in [2.24, 2.45) is 5.41 Å². The zero-order chi connectivity index (χ0) is 14.8. The second kappa shape index (κ2) is 6.46. The summed E-state index contributed by atoms with van der Waals surface area (Å²) in [7, 11) is 0. The Morgan fingerprint density at radius 1 is 1.45 bits per heavy atom. The monoisotopic (exact) mass is 295 g/mol. The highest BCUT2D eigenvalue weighted by atomic mass is 35.5. The number of benzene rings is 1. The van der Waals surface area contributed by atoms with E-state index in [4.69, 9.17) is 16.3 Å². The third-order valence-electron chi connectivity index (χ3n) is 4.91. The third kappa shape index (κ3) is 3.03. The Balaban J connectivity index is 2.00. The van der Waals surface area contributed by atoms with E-state index >= 15 is 0 Å². The second-order valence-electron chi connectivity index (χ2n) is 6.04. The van der Waals surface area contributed by atoms with E-state index in [0.29, 0.717) is 18.2 Å². The molecule has 1 aliphatic rings. The lowest BCUT2D eigenvalue weighted by molar-refractivity contribution is -0.127. The highest BCUT2D eigenvalue weighted by Gasteiger charge is 2.51. The molecule has 1 fully saturated rings. The molecule has 0 bridgehead atoms. The first-order valence-corrected chi connectivity index (χ1v) is 8.02. The van der Waals surface area contributed by atoms with Crippen molar-refractivity contribution in [1.82, 2.24) is 5.32 Å². The Kier molecular flexibility index (Phi) is 5.11. The first-order valence-electron chi connectivity index (χ1n) is 7.64. The van der Waals surface area contributed by atoms with Crippen LogP contribution in [0.4, 0.5) is 0 Å². The molecule has 0 spiro atoms. The molecule has 20 heavy (non-hydrogen) atoms. The fourth-order valence-corrected chi connectivity index (χ4v) is 3.38. The van der Waals surface area contributed by atoms with Crippen molar-refractivity contribution in [2.75, 3.05) is 6.61 Å². The highest BCUT2D eigenvalue weighted by Crippen LogP contribution is 2.46. The van der Waals surface area contributed by atoms with E-state index < -0.39 is 0 Å². The molecule has 1 aromatic carbocycles. The minimum atomic E-state index is 0.239. The summed E-state index contributed by atoms with van der Waals surface area (Å²) in [4.78, 5) is 0. The van der Waals surface area contributed by atoms with Gasteiger partial charge in [-0.25, -0.2) is 0 Å². The molecule has 3 unspecified atom stereocenters. The van der Waals surface area contributed by atoms with E-state index in [2.05, 4.69) is 39.1 Å². The van der Waals surface area contributed by atoms with Gasteiger partial charge in [-0.1, -0.05) is 37.6 Å². The molecule has 1 N–H and O–H groups in total. The topological polar surface area (TPSA) is 21.3 Å². The molecule has 0 heterocycles. The van der Waals surface area contributed by atoms with Crippen LogP contribution in [-0.4, -0.2) is 18.8 Å². The Bertz CT molecular complexity index is 450. The molecular formula is C17H26ClNO. The van der Waals surface area contributed by atoms with E-state index in [-0.39, 0.29) is 5.41 Å². The average Bonchev–Trinajstić information content (AvgIpc) is 2.45. The largest absolute Gasteiger partial charge is 0.378 e. The van der Waals surface area contributed by atoms with Crippen molar-refractivity contribution < 1.29 is 4.74 Å². The van der Waals surface area contributed by atoms with Crippen molar-refractivity contribution in [1.29, 1.82) is 0 Å².